The molecule has 0 spiro atoms. The van der Waals surface area contributed by atoms with E-state index in [1.54, 1.807) is 17.5 Å². The second-order valence-corrected chi connectivity index (χ2v) is 4.45. The molecule has 0 saturated carbocycles. The minimum Gasteiger partial charge on any atom is -0.397 e. The number of rotatable bonds is 3. The number of nitrogens with zero attached hydrogens (tertiary/aromatic N) is 3. The topological polar surface area (TPSA) is 55.0 Å². The first-order valence-corrected chi connectivity index (χ1v) is 5.91. The molecule has 0 atom stereocenters. The van der Waals surface area contributed by atoms with Crippen molar-refractivity contribution in [3.63, 3.8) is 0 Å². The van der Waals surface area contributed by atoms with Gasteiger partial charge in [-0.15, -0.1) is 11.3 Å². The Morgan fingerprint density at radius 1 is 1.44 bits per heavy atom. The summed E-state index contributed by atoms with van der Waals surface area (Å²) in [5.74, 6) is 0.916. The molecule has 0 fully saturated rings. The van der Waals surface area contributed by atoms with Crippen molar-refractivity contribution < 1.29 is 0 Å². The van der Waals surface area contributed by atoms with Gasteiger partial charge in [0.1, 0.15) is 5.82 Å². The molecule has 2 aromatic rings. The summed E-state index contributed by atoms with van der Waals surface area (Å²) in [5.41, 5.74) is 10.4. The fourth-order valence-electron chi connectivity index (χ4n) is 1.40. The van der Waals surface area contributed by atoms with E-state index in [1.165, 1.54) is 0 Å². The van der Waals surface area contributed by atoms with Gasteiger partial charge in [-0.1, -0.05) is 0 Å². The van der Waals surface area contributed by atoms with Crippen molar-refractivity contribution in [2.24, 2.45) is 0 Å². The van der Waals surface area contributed by atoms with Gasteiger partial charge in [0, 0.05) is 12.4 Å². The Balaban J connectivity index is 2.14. The lowest BCUT2D eigenvalue weighted by Gasteiger charge is -2.17. The van der Waals surface area contributed by atoms with E-state index in [0.29, 0.717) is 0 Å². The van der Waals surface area contributed by atoms with Crippen molar-refractivity contribution in [2.45, 2.75) is 13.5 Å². The van der Waals surface area contributed by atoms with Gasteiger partial charge in [0.2, 0.25) is 0 Å². The van der Waals surface area contributed by atoms with Crippen molar-refractivity contribution >= 4 is 22.8 Å². The van der Waals surface area contributed by atoms with Gasteiger partial charge in [-0.3, -0.25) is 0 Å². The predicted octanol–water partition coefficient (Wildman–Crippen LogP) is 2.07. The Bertz CT molecular complexity index is 467. The second-order valence-electron chi connectivity index (χ2n) is 3.73. The van der Waals surface area contributed by atoms with Crippen LogP contribution in [-0.4, -0.2) is 17.0 Å². The molecule has 0 unspecified atom stereocenters. The van der Waals surface area contributed by atoms with E-state index in [4.69, 9.17) is 5.73 Å². The molecule has 0 bridgehead atoms. The summed E-state index contributed by atoms with van der Waals surface area (Å²) in [5, 5.41) is 2.04. The Hall–Kier alpha value is -1.62. The summed E-state index contributed by atoms with van der Waals surface area (Å²) in [6, 6.07) is 1.99. The molecule has 0 aliphatic heterocycles. The van der Waals surface area contributed by atoms with Crippen LogP contribution in [0.5, 0.6) is 0 Å². The van der Waals surface area contributed by atoms with Gasteiger partial charge >= 0.3 is 0 Å². The third kappa shape index (κ3) is 2.30. The molecule has 2 aromatic heterocycles. The minimum atomic E-state index is 0.728. The number of pyridine rings is 1. The van der Waals surface area contributed by atoms with Crippen LogP contribution in [-0.2, 0) is 6.54 Å². The van der Waals surface area contributed by atoms with E-state index in [0.717, 1.165) is 29.3 Å². The maximum absolute atomic E-state index is 5.73. The zero-order valence-corrected chi connectivity index (χ0v) is 10.2. The SMILES string of the molecule is Cc1cc(N(C)Cc2cscn2)ncc1N. The first-order chi connectivity index (χ1) is 7.66. The smallest absolute Gasteiger partial charge is 0.128 e. The fraction of sp³-hybridized carbons (Fsp3) is 0.273. The van der Waals surface area contributed by atoms with E-state index in [1.807, 2.05) is 30.9 Å². The Morgan fingerprint density at radius 2 is 2.25 bits per heavy atom. The molecule has 0 saturated heterocycles. The van der Waals surface area contributed by atoms with E-state index in [9.17, 15) is 0 Å². The molecule has 2 heterocycles. The number of nitrogen functional groups attached to an aromatic ring is 1. The monoisotopic (exact) mass is 234 g/mol. The molecule has 2 N–H and O–H groups in total. The van der Waals surface area contributed by atoms with Gasteiger partial charge in [0.25, 0.3) is 0 Å². The van der Waals surface area contributed by atoms with Crippen LogP contribution in [0, 0.1) is 6.92 Å². The zero-order valence-electron chi connectivity index (χ0n) is 9.34. The fourth-order valence-corrected chi connectivity index (χ4v) is 1.95. The number of thiazole rings is 1. The highest BCUT2D eigenvalue weighted by Gasteiger charge is 2.06. The molecule has 5 heteroatoms. The predicted molar refractivity (Wildman–Crippen MR) is 67.6 cm³/mol. The molecule has 0 radical (unpaired) electrons. The van der Waals surface area contributed by atoms with Crippen LogP contribution in [0.4, 0.5) is 11.5 Å². The van der Waals surface area contributed by atoms with Crippen LogP contribution in [0.2, 0.25) is 0 Å². The molecular weight excluding hydrogens is 220 g/mol. The highest BCUT2D eigenvalue weighted by molar-refractivity contribution is 7.07. The highest BCUT2D eigenvalue weighted by Crippen LogP contribution is 2.17. The molecule has 0 amide bonds. The molecule has 0 aromatic carbocycles. The number of nitrogens with two attached hydrogens (primary N) is 1. The Labute approximate surface area is 98.8 Å². The number of aryl methyl sites for hydroxylation is 1. The van der Waals surface area contributed by atoms with Crippen molar-refractivity contribution in [3.05, 3.63) is 34.4 Å². The van der Waals surface area contributed by atoms with Crippen molar-refractivity contribution in [1.29, 1.82) is 0 Å². The maximum atomic E-state index is 5.73. The molecule has 16 heavy (non-hydrogen) atoms. The van der Waals surface area contributed by atoms with E-state index in [-0.39, 0.29) is 0 Å². The summed E-state index contributed by atoms with van der Waals surface area (Å²) < 4.78 is 0. The molecule has 84 valence electrons. The van der Waals surface area contributed by atoms with Gasteiger partial charge < -0.3 is 10.6 Å². The lowest BCUT2D eigenvalue weighted by molar-refractivity contribution is 0.873. The summed E-state index contributed by atoms with van der Waals surface area (Å²) in [6.45, 7) is 2.75. The van der Waals surface area contributed by atoms with Crippen LogP contribution < -0.4 is 10.6 Å². The average Bonchev–Trinajstić information content (AvgIpc) is 2.74. The number of aromatic nitrogens is 2. The van der Waals surface area contributed by atoms with E-state index in [2.05, 4.69) is 14.9 Å². The van der Waals surface area contributed by atoms with Crippen LogP contribution in [0.25, 0.3) is 0 Å². The largest absolute Gasteiger partial charge is 0.397 e. The quantitative estimate of drug-likeness (QED) is 0.883. The van der Waals surface area contributed by atoms with Crippen LogP contribution in [0.3, 0.4) is 0 Å². The summed E-state index contributed by atoms with van der Waals surface area (Å²) in [7, 11) is 2.00. The molecular formula is C11H14N4S. The lowest BCUT2D eigenvalue weighted by Crippen LogP contribution is -2.18. The third-order valence-corrected chi connectivity index (χ3v) is 3.05. The summed E-state index contributed by atoms with van der Waals surface area (Å²) in [4.78, 5) is 10.6. The number of hydrogen-bond donors (Lipinski definition) is 1. The van der Waals surface area contributed by atoms with Gasteiger partial charge in [-0.25, -0.2) is 9.97 Å². The maximum Gasteiger partial charge on any atom is 0.128 e. The third-order valence-electron chi connectivity index (χ3n) is 2.41. The van der Waals surface area contributed by atoms with Crippen LogP contribution in [0.1, 0.15) is 11.3 Å². The minimum absolute atomic E-state index is 0.728. The van der Waals surface area contributed by atoms with Crippen molar-refractivity contribution in [3.8, 4) is 0 Å². The first kappa shape index (κ1) is 10.9. The molecule has 2 rings (SSSR count). The lowest BCUT2D eigenvalue weighted by atomic mass is 10.2. The van der Waals surface area contributed by atoms with Crippen molar-refractivity contribution in [2.75, 3.05) is 17.7 Å². The Morgan fingerprint density at radius 3 is 2.88 bits per heavy atom. The zero-order chi connectivity index (χ0) is 11.5. The molecule has 4 nitrogen and oxygen atoms in total. The van der Waals surface area contributed by atoms with Gasteiger partial charge in [0.05, 0.1) is 29.6 Å². The van der Waals surface area contributed by atoms with E-state index >= 15 is 0 Å². The van der Waals surface area contributed by atoms with Crippen LogP contribution in [0.15, 0.2) is 23.2 Å². The highest BCUT2D eigenvalue weighted by atomic mass is 32.1. The standard InChI is InChI=1S/C11H14N4S/c1-8-3-11(13-4-10(8)12)15(2)5-9-6-16-7-14-9/h3-4,6-7H,5,12H2,1-2H3. The molecule has 0 aliphatic carbocycles. The molecule has 0 aliphatic rings. The van der Waals surface area contributed by atoms with Gasteiger partial charge in [0.15, 0.2) is 0 Å². The van der Waals surface area contributed by atoms with Crippen LogP contribution >= 0.6 is 11.3 Å². The van der Waals surface area contributed by atoms with Crippen molar-refractivity contribution in [1.82, 2.24) is 9.97 Å². The summed E-state index contributed by atoms with van der Waals surface area (Å²) in [6.07, 6.45) is 1.70. The van der Waals surface area contributed by atoms with E-state index < -0.39 is 0 Å². The number of hydrogen-bond acceptors (Lipinski definition) is 5. The van der Waals surface area contributed by atoms with Gasteiger partial charge in [-0.05, 0) is 18.6 Å². The van der Waals surface area contributed by atoms with Gasteiger partial charge in [-0.2, -0.15) is 0 Å². The second kappa shape index (κ2) is 4.49. The Kier molecular flexibility index (Phi) is 3.05. The normalized spacial score (nSPS) is 10.4. The summed E-state index contributed by atoms with van der Waals surface area (Å²) >= 11 is 1.60. The number of anilines is 2. The first-order valence-electron chi connectivity index (χ1n) is 4.97. The average molecular weight is 234 g/mol.